The molecule has 0 fully saturated rings. The summed E-state index contributed by atoms with van der Waals surface area (Å²) in [5.74, 6) is 1.28. The van der Waals surface area contributed by atoms with Crippen LogP contribution in [-0.4, -0.2) is 11.7 Å². The van der Waals surface area contributed by atoms with E-state index in [1.807, 2.05) is 30.3 Å². The third-order valence-electron chi connectivity index (χ3n) is 3.71. The average molecular weight is 284 g/mol. The molecule has 1 N–H and O–H groups in total. The van der Waals surface area contributed by atoms with Crippen molar-refractivity contribution in [1.82, 2.24) is 0 Å². The van der Waals surface area contributed by atoms with E-state index in [0.29, 0.717) is 5.92 Å². The van der Waals surface area contributed by atoms with E-state index in [9.17, 15) is 5.11 Å². The summed E-state index contributed by atoms with van der Waals surface area (Å²) in [5.41, 5.74) is 3.41. The average Bonchev–Trinajstić information content (AvgIpc) is 2.53. The molecule has 2 heteroatoms. The molecule has 2 aromatic carbocycles. The first-order chi connectivity index (χ1) is 10.1. The van der Waals surface area contributed by atoms with Gasteiger partial charge < -0.3 is 9.84 Å². The van der Waals surface area contributed by atoms with Gasteiger partial charge in [0.1, 0.15) is 18.5 Å². The zero-order valence-electron chi connectivity index (χ0n) is 13.0. The van der Waals surface area contributed by atoms with Crippen LogP contribution in [0.2, 0.25) is 0 Å². The summed E-state index contributed by atoms with van der Waals surface area (Å²) >= 11 is 0. The van der Waals surface area contributed by atoms with Gasteiger partial charge in [0.05, 0.1) is 0 Å². The van der Waals surface area contributed by atoms with Crippen LogP contribution in [-0.2, 0) is 6.42 Å². The molecule has 0 saturated carbocycles. The lowest BCUT2D eigenvalue weighted by Gasteiger charge is -2.14. The maximum absolute atomic E-state index is 10.2. The van der Waals surface area contributed by atoms with Gasteiger partial charge in [0.25, 0.3) is 0 Å². The second kappa shape index (κ2) is 7.28. The number of aliphatic hydroxyl groups is 1. The number of ether oxygens (including phenoxy) is 1. The molecule has 1 atom stereocenters. The summed E-state index contributed by atoms with van der Waals surface area (Å²) in [7, 11) is 0. The third-order valence-corrected chi connectivity index (χ3v) is 3.71. The zero-order valence-corrected chi connectivity index (χ0v) is 13.0. The van der Waals surface area contributed by atoms with E-state index in [0.717, 1.165) is 17.7 Å². The van der Waals surface area contributed by atoms with Gasteiger partial charge in [-0.1, -0.05) is 57.2 Å². The van der Waals surface area contributed by atoms with Gasteiger partial charge in [0.15, 0.2) is 0 Å². The smallest absolute Gasteiger partial charge is 0.119 e. The van der Waals surface area contributed by atoms with Gasteiger partial charge in [-0.2, -0.15) is 0 Å². The lowest BCUT2D eigenvalue weighted by atomic mass is 10.0. The van der Waals surface area contributed by atoms with Gasteiger partial charge >= 0.3 is 0 Å². The molecule has 21 heavy (non-hydrogen) atoms. The van der Waals surface area contributed by atoms with Gasteiger partial charge in [-0.05, 0) is 41.2 Å². The molecule has 1 unspecified atom stereocenters. The summed E-state index contributed by atoms with van der Waals surface area (Å²) in [5, 5.41) is 10.2. The molecule has 0 heterocycles. The number of rotatable bonds is 6. The third kappa shape index (κ3) is 4.33. The normalized spacial score (nSPS) is 12.4. The lowest BCUT2D eigenvalue weighted by molar-refractivity contribution is 0.108. The Morgan fingerprint density at radius 2 is 1.71 bits per heavy atom. The standard InChI is InChI=1S/C19H24O2/c1-4-15-8-10-16(11-9-15)19(20)13-21-18-7-5-6-17(12-18)14(2)3/h5-12,14,19-20H,4,13H2,1-3H3. The van der Waals surface area contributed by atoms with Crippen molar-refractivity contribution in [3.8, 4) is 5.75 Å². The molecule has 0 amide bonds. The van der Waals surface area contributed by atoms with Gasteiger partial charge in [-0.15, -0.1) is 0 Å². The Kier molecular flexibility index (Phi) is 5.40. The molecule has 0 aliphatic rings. The number of benzene rings is 2. The van der Waals surface area contributed by atoms with Crippen molar-refractivity contribution >= 4 is 0 Å². The molecule has 0 saturated heterocycles. The van der Waals surface area contributed by atoms with Crippen LogP contribution < -0.4 is 4.74 Å². The van der Waals surface area contributed by atoms with Gasteiger partial charge in [-0.25, -0.2) is 0 Å². The second-order valence-corrected chi connectivity index (χ2v) is 5.65. The zero-order chi connectivity index (χ0) is 15.2. The lowest BCUT2D eigenvalue weighted by Crippen LogP contribution is -2.09. The molecule has 0 bridgehead atoms. The molecule has 112 valence electrons. The maximum Gasteiger partial charge on any atom is 0.119 e. The fraction of sp³-hybridized carbons (Fsp3) is 0.368. The molecule has 0 aliphatic carbocycles. The van der Waals surface area contributed by atoms with Crippen LogP contribution in [0.1, 0.15) is 49.5 Å². The molecular weight excluding hydrogens is 260 g/mol. The van der Waals surface area contributed by atoms with Crippen molar-refractivity contribution < 1.29 is 9.84 Å². The maximum atomic E-state index is 10.2. The first-order valence-electron chi connectivity index (χ1n) is 7.59. The first-order valence-corrected chi connectivity index (χ1v) is 7.59. The van der Waals surface area contributed by atoms with Crippen LogP contribution in [0.3, 0.4) is 0 Å². The highest BCUT2D eigenvalue weighted by Crippen LogP contribution is 2.22. The number of aliphatic hydroxyl groups excluding tert-OH is 1. The minimum atomic E-state index is -0.599. The van der Waals surface area contributed by atoms with Crippen LogP contribution in [0.4, 0.5) is 0 Å². The number of hydrogen-bond acceptors (Lipinski definition) is 2. The van der Waals surface area contributed by atoms with Crippen LogP contribution >= 0.6 is 0 Å². The highest BCUT2D eigenvalue weighted by atomic mass is 16.5. The van der Waals surface area contributed by atoms with Crippen LogP contribution in [0.15, 0.2) is 48.5 Å². The summed E-state index contributed by atoms with van der Waals surface area (Å²) < 4.78 is 5.72. The Morgan fingerprint density at radius 3 is 2.33 bits per heavy atom. The molecule has 0 aromatic heterocycles. The van der Waals surface area contributed by atoms with Crippen molar-refractivity contribution in [2.24, 2.45) is 0 Å². The van der Waals surface area contributed by atoms with Crippen LogP contribution in [0, 0.1) is 0 Å². The summed E-state index contributed by atoms with van der Waals surface area (Å²) in [6.07, 6.45) is 0.410. The Balaban J connectivity index is 1.96. The van der Waals surface area contributed by atoms with Crippen molar-refractivity contribution in [3.05, 3.63) is 65.2 Å². The van der Waals surface area contributed by atoms with E-state index >= 15 is 0 Å². The van der Waals surface area contributed by atoms with Crippen LogP contribution in [0.25, 0.3) is 0 Å². The quantitative estimate of drug-likeness (QED) is 0.847. The minimum Gasteiger partial charge on any atom is -0.491 e. The summed E-state index contributed by atoms with van der Waals surface area (Å²) in [6, 6.07) is 16.1. The highest BCUT2D eigenvalue weighted by molar-refractivity contribution is 5.30. The van der Waals surface area contributed by atoms with Gasteiger partial charge in [0, 0.05) is 0 Å². The molecule has 2 rings (SSSR count). The van der Waals surface area contributed by atoms with Gasteiger partial charge in [0.2, 0.25) is 0 Å². The van der Waals surface area contributed by atoms with Crippen molar-refractivity contribution in [3.63, 3.8) is 0 Å². The number of aryl methyl sites for hydroxylation is 1. The minimum absolute atomic E-state index is 0.271. The highest BCUT2D eigenvalue weighted by Gasteiger charge is 2.09. The predicted octanol–water partition coefficient (Wildman–Crippen LogP) is 4.48. The molecule has 0 spiro atoms. The fourth-order valence-corrected chi connectivity index (χ4v) is 2.21. The topological polar surface area (TPSA) is 29.5 Å². The van der Waals surface area contributed by atoms with Gasteiger partial charge in [-0.3, -0.25) is 0 Å². The van der Waals surface area contributed by atoms with Crippen molar-refractivity contribution in [1.29, 1.82) is 0 Å². The van der Waals surface area contributed by atoms with E-state index in [-0.39, 0.29) is 6.61 Å². The fourth-order valence-electron chi connectivity index (χ4n) is 2.21. The van der Waals surface area contributed by atoms with Crippen LogP contribution in [0.5, 0.6) is 5.75 Å². The molecule has 2 nitrogen and oxygen atoms in total. The van der Waals surface area contributed by atoms with E-state index in [2.05, 4.69) is 39.0 Å². The second-order valence-electron chi connectivity index (χ2n) is 5.65. The first kappa shape index (κ1) is 15.6. The Labute approximate surface area is 127 Å². The van der Waals surface area contributed by atoms with E-state index in [1.165, 1.54) is 11.1 Å². The van der Waals surface area contributed by atoms with Crippen molar-refractivity contribution in [2.75, 3.05) is 6.61 Å². The molecule has 2 aromatic rings. The monoisotopic (exact) mass is 284 g/mol. The summed E-state index contributed by atoms with van der Waals surface area (Å²) in [6.45, 7) is 6.70. The Morgan fingerprint density at radius 1 is 1.00 bits per heavy atom. The Bertz CT molecular complexity index is 558. The van der Waals surface area contributed by atoms with E-state index in [4.69, 9.17) is 4.74 Å². The molecule has 0 radical (unpaired) electrons. The SMILES string of the molecule is CCc1ccc(C(O)COc2cccc(C(C)C)c2)cc1. The molecular formula is C19H24O2. The predicted molar refractivity (Wildman–Crippen MR) is 86.8 cm³/mol. The Hall–Kier alpha value is -1.80. The van der Waals surface area contributed by atoms with E-state index < -0.39 is 6.10 Å². The van der Waals surface area contributed by atoms with E-state index in [1.54, 1.807) is 0 Å². The summed E-state index contributed by atoms with van der Waals surface area (Å²) in [4.78, 5) is 0. The largest absolute Gasteiger partial charge is 0.491 e. The van der Waals surface area contributed by atoms with Crippen molar-refractivity contribution in [2.45, 2.75) is 39.2 Å². The molecule has 0 aliphatic heterocycles. The number of hydrogen-bond donors (Lipinski definition) is 1.